The van der Waals surface area contributed by atoms with Crippen LogP contribution in [0.5, 0.6) is 0 Å². The van der Waals surface area contributed by atoms with E-state index in [1.807, 2.05) is 13.8 Å². The smallest absolute Gasteiger partial charge is 0.157 e. The molecule has 1 N–H and O–H groups in total. The number of aliphatic hydroxyl groups is 1. The molecule has 3 nitrogen and oxygen atoms in total. The van der Waals surface area contributed by atoms with E-state index in [2.05, 4.69) is 0 Å². The molecule has 0 saturated carbocycles. The molecule has 0 saturated heterocycles. The van der Waals surface area contributed by atoms with Crippen LogP contribution in [0.15, 0.2) is 0 Å². The van der Waals surface area contributed by atoms with Crippen LogP contribution >= 0.6 is 0 Å². The van der Waals surface area contributed by atoms with Crippen molar-refractivity contribution in [1.29, 1.82) is 0 Å². The van der Waals surface area contributed by atoms with E-state index in [1.165, 1.54) is 0 Å². The average molecular weight is 176 g/mol. The van der Waals surface area contributed by atoms with Crippen LogP contribution in [0.3, 0.4) is 0 Å². The van der Waals surface area contributed by atoms with Gasteiger partial charge >= 0.3 is 0 Å². The maximum Gasteiger partial charge on any atom is 0.157 e. The Morgan fingerprint density at radius 2 is 1.58 bits per heavy atom. The lowest BCUT2D eigenvalue weighted by Gasteiger charge is -2.17. The van der Waals surface area contributed by atoms with E-state index in [0.717, 1.165) is 12.8 Å². The maximum atomic E-state index is 9.03. The molecule has 0 aromatic heterocycles. The molecule has 3 heteroatoms. The fraction of sp³-hybridized carbons (Fsp3) is 1.00. The van der Waals surface area contributed by atoms with E-state index in [1.54, 1.807) is 6.92 Å². The van der Waals surface area contributed by atoms with Crippen LogP contribution < -0.4 is 0 Å². The van der Waals surface area contributed by atoms with Crippen molar-refractivity contribution in [3.8, 4) is 0 Å². The summed E-state index contributed by atoms with van der Waals surface area (Å²) in [7, 11) is 0. The minimum atomic E-state index is -0.270. The lowest BCUT2D eigenvalue weighted by Crippen LogP contribution is -2.19. The highest BCUT2D eigenvalue weighted by atomic mass is 16.7. The standard InChI is InChI=1S/C9H20O3/c1-4-11-9(12-5-2)7-6-8(3)10/h8-10H,4-7H2,1-3H3/t8-/m1/s1. The van der Waals surface area contributed by atoms with Crippen molar-refractivity contribution in [1.82, 2.24) is 0 Å². The molecule has 0 fully saturated rings. The van der Waals surface area contributed by atoms with Crippen LogP contribution in [0.1, 0.15) is 33.6 Å². The first kappa shape index (κ1) is 11.9. The highest BCUT2D eigenvalue weighted by Crippen LogP contribution is 2.06. The van der Waals surface area contributed by atoms with Crippen molar-refractivity contribution in [3.63, 3.8) is 0 Å². The normalized spacial score (nSPS) is 13.8. The van der Waals surface area contributed by atoms with Gasteiger partial charge in [-0.15, -0.1) is 0 Å². The van der Waals surface area contributed by atoms with Gasteiger partial charge in [-0.25, -0.2) is 0 Å². The first-order valence-electron chi connectivity index (χ1n) is 4.62. The average Bonchev–Trinajstić information content (AvgIpc) is 2.01. The van der Waals surface area contributed by atoms with E-state index >= 15 is 0 Å². The minimum absolute atomic E-state index is 0.144. The van der Waals surface area contributed by atoms with E-state index in [0.29, 0.717) is 13.2 Å². The molecular weight excluding hydrogens is 156 g/mol. The fourth-order valence-electron chi connectivity index (χ4n) is 0.964. The Kier molecular flexibility index (Phi) is 7.45. The molecule has 0 radical (unpaired) electrons. The van der Waals surface area contributed by atoms with Crippen molar-refractivity contribution in [2.24, 2.45) is 0 Å². The number of aliphatic hydroxyl groups excluding tert-OH is 1. The molecule has 0 rings (SSSR count). The summed E-state index contributed by atoms with van der Waals surface area (Å²) < 4.78 is 10.6. The number of hydrogen-bond acceptors (Lipinski definition) is 3. The topological polar surface area (TPSA) is 38.7 Å². The summed E-state index contributed by atoms with van der Waals surface area (Å²) in [5.74, 6) is 0. The first-order chi connectivity index (χ1) is 5.70. The molecule has 0 aliphatic carbocycles. The quantitative estimate of drug-likeness (QED) is 0.598. The molecular formula is C9H20O3. The molecule has 0 spiro atoms. The Balaban J connectivity index is 3.48. The van der Waals surface area contributed by atoms with Gasteiger partial charge in [0.05, 0.1) is 6.10 Å². The van der Waals surface area contributed by atoms with Crippen LogP contribution in [0.2, 0.25) is 0 Å². The van der Waals surface area contributed by atoms with Gasteiger partial charge in [-0.2, -0.15) is 0 Å². The molecule has 0 amide bonds. The molecule has 1 atom stereocenters. The molecule has 0 aliphatic heterocycles. The summed E-state index contributed by atoms with van der Waals surface area (Å²) >= 11 is 0. The Morgan fingerprint density at radius 1 is 1.08 bits per heavy atom. The van der Waals surface area contributed by atoms with Gasteiger partial charge in [-0.05, 0) is 27.2 Å². The van der Waals surface area contributed by atoms with Crippen molar-refractivity contribution < 1.29 is 14.6 Å². The van der Waals surface area contributed by atoms with E-state index in [4.69, 9.17) is 14.6 Å². The maximum absolute atomic E-state index is 9.03. The molecule has 12 heavy (non-hydrogen) atoms. The highest BCUT2D eigenvalue weighted by Gasteiger charge is 2.08. The van der Waals surface area contributed by atoms with Crippen molar-refractivity contribution in [2.45, 2.75) is 46.0 Å². The highest BCUT2D eigenvalue weighted by molar-refractivity contribution is 4.51. The van der Waals surface area contributed by atoms with E-state index in [9.17, 15) is 0 Å². The zero-order valence-corrected chi connectivity index (χ0v) is 8.25. The lowest BCUT2D eigenvalue weighted by molar-refractivity contribution is -0.142. The molecule has 0 unspecified atom stereocenters. The third kappa shape index (κ3) is 6.58. The summed E-state index contributed by atoms with van der Waals surface area (Å²) in [5.41, 5.74) is 0. The van der Waals surface area contributed by atoms with Gasteiger partial charge in [0.1, 0.15) is 0 Å². The lowest BCUT2D eigenvalue weighted by atomic mass is 10.2. The monoisotopic (exact) mass is 176 g/mol. The Bertz CT molecular complexity index is 87.8. The number of hydrogen-bond donors (Lipinski definition) is 1. The van der Waals surface area contributed by atoms with Gasteiger partial charge in [-0.3, -0.25) is 0 Å². The van der Waals surface area contributed by atoms with Gasteiger partial charge in [0.2, 0.25) is 0 Å². The molecule has 0 aliphatic rings. The fourth-order valence-corrected chi connectivity index (χ4v) is 0.964. The summed E-state index contributed by atoms with van der Waals surface area (Å²) in [5, 5.41) is 9.03. The van der Waals surface area contributed by atoms with Crippen LogP contribution in [0, 0.1) is 0 Å². The van der Waals surface area contributed by atoms with Crippen LogP contribution in [-0.4, -0.2) is 30.7 Å². The van der Waals surface area contributed by atoms with Crippen molar-refractivity contribution in [2.75, 3.05) is 13.2 Å². The zero-order chi connectivity index (χ0) is 9.40. The predicted octanol–water partition coefficient (Wildman–Crippen LogP) is 1.55. The summed E-state index contributed by atoms with van der Waals surface area (Å²) in [6, 6.07) is 0. The van der Waals surface area contributed by atoms with E-state index < -0.39 is 0 Å². The van der Waals surface area contributed by atoms with Crippen molar-refractivity contribution >= 4 is 0 Å². The summed E-state index contributed by atoms with van der Waals surface area (Å²) in [4.78, 5) is 0. The zero-order valence-electron chi connectivity index (χ0n) is 8.25. The van der Waals surface area contributed by atoms with Crippen molar-refractivity contribution in [3.05, 3.63) is 0 Å². The molecule has 0 aromatic carbocycles. The number of rotatable bonds is 7. The van der Waals surface area contributed by atoms with Gasteiger partial charge in [0.15, 0.2) is 6.29 Å². The van der Waals surface area contributed by atoms with Gasteiger partial charge < -0.3 is 14.6 Å². The third-order valence-electron chi connectivity index (χ3n) is 1.53. The largest absolute Gasteiger partial charge is 0.393 e. The molecule has 74 valence electrons. The van der Waals surface area contributed by atoms with E-state index in [-0.39, 0.29) is 12.4 Å². The third-order valence-corrected chi connectivity index (χ3v) is 1.53. The second-order valence-corrected chi connectivity index (χ2v) is 2.77. The molecule has 0 bridgehead atoms. The Labute approximate surface area is 74.7 Å². The minimum Gasteiger partial charge on any atom is -0.393 e. The molecule has 0 heterocycles. The van der Waals surface area contributed by atoms with Gasteiger partial charge in [0.25, 0.3) is 0 Å². The molecule has 0 aromatic rings. The summed E-state index contributed by atoms with van der Waals surface area (Å²) in [6.07, 6.45) is 1.08. The van der Waals surface area contributed by atoms with Gasteiger partial charge in [0, 0.05) is 19.6 Å². The number of ether oxygens (including phenoxy) is 2. The SMILES string of the molecule is CCOC(CC[C@@H](C)O)OCC. The second kappa shape index (κ2) is 7.53. The van der Waals surface area contributed by atoms with Crippen LogP contribution in [-0.2, 0) is 9.47 Å². The Morgan fingerprint density at radius 3 is 1.92 bits per heavy atom. The second-order valence-electron chi connectivity index (χ2n) is 2.77. The van der Waals surface area contributed by atoms with Crippen LogP contribution in [0.4, 0.5) is 0 Å². The van der Waals surface area contributed by atoms with Crippen LogP contribution in [0.25, 0.3) is 0 Å². The Hall–Kier alpha value is -0.120. The first-order valence-corrected chi connectivity index (χ1v) is 4.62. The van der Waals surface area contributed by atoms with Gasteiger partial charge in [-0.1, -0.05) is 0 Å². The predicted molar refractivity (Wildman–Crippen MR) is 48.0 cm³/mol. The summed E-state index contributed by atoms with van der Waals surface area (Å²) in [6.45, 7) is 6.96.